The van der Waals surface area contributed by atoms with Crippen molar-refractivity contribution in [3.8, 4) is 0 Å². The van der Waals surface area contributed by atoms with Crippen LogP contribution in [0.1, 0.15) is 22.8 Å². The monoisotopic (exact) mass is 288 g/mol. The Balaban J connectivity index is 2.13. The predicted octanol–water partition coefficient (Wildman–Crippen LogP) is 1.92. The van der Waals surface area contributed by atoms with E-state index < -0.39 is 10.8 Å². The number of carbonyl (C=O) groups is 1. The fourth-order valence-corrected chi connectivity index (χ4v) is 2.14. The first-order chi connectivity index (χ1) is 9.99. The molecular weight excluding hydrogens is 272 g/mol. The lowest BCUT2D eigenvalue weighted by Gasteiger charge is -2.14. The number of nitrogens with zero attached hydrogens (tertiary/aromatic N) is 3. The van der Waals surface area contributed by atoms with Crippen molar-refractivity contribution in [2.24, 2.45) is 0 Å². The molecule has 110 valence electrons. The Hall–Kier alpha value is -2.70. The van der Waals surface area contributed by atoms with Gasteiger partial charge in [-0.2, -0.15) is 0 Å². The van der Waals surface area contributed by atoms with Crippen molar-refractivity contribution < 1.29 is 9.72 Å². The Morgan fingerprint density at radius 1 is 1.52 bits per heavy atom. The molecule has 0 unspecified atom stereocenters. The molecule has 1 heterocycles. The van der Waals surface area contributed by atoms with Gasteiger partial charge in [-0.25, -0.2) is 4.98 Å². The number of carbonyl (C=O) groups excluding carboxylic acids is 1. The SMILES string of the molecule is Cc1cccc(C(=O)N[C@H](C)Cn2ccnc2)c1[N+](=O)[O-]. The number of hydrogen-bond acceptors (Lipinski definition) is 4. The van der Waals surface area contributed by atoms with Gasteiger partial charge in [0.1, 0.15) is 5.56 Å². The van der Waals surface area contributed by atoms with Crippen LogP contribution in [0.4, 0.5) is 5.69 Å². The summed E-state index contributed by atoms with van der Waals surface area (Å²) in [6.45, 7) is 3.99. The van der Waals surface area contributed by atoms with Gasteiger partial charge < -0.3 is 9.88 Å². The summed E-state index contributed by atoms with van der Waals surface area (Å²) < 4.78 is 1.83. The van der Waals surface area contributed by atoms with Gasteiger partial charge in [-0.15, -0.1) is 0 Å². The van der Waals surface area contributed by atoms with E-state index in [2.05, 4.69) is 10.3 Å². The molecule has 2 aromatic rings. The van der Waals surface area contributed by atoms with E-state index in [1.54, 1.807) is 37.8 Å². The number of aromatic nitrogens is 2. The fraction of sp³-hybridized carbons (Fsp3) is 0.286. The van der Waals surface area contributed by atoms with Gasteiger partial charge in [0.05, 0.1) is 11.3 Å². The van der Waals surface area contributed by atoms with Crippen LogP contribution in [-0.2, 0) is 6.54 Å². The molecule has 1 aromatic carbocycles. The molecule has 2 rings (SSSR count). The molecule has 0 saturated heterocycles. The highest BCUT2D eigenvalue weighted by atomic mass is 16.6. The van der Waals surface area contributed by atoms with Crippen molar-refractivity contribution >= 4 is 11.6 Å². The largest absolute Gasteiger partial charge is 0.348 e. The smallest absolute Gasteiger partial charge is 0.285 e. The maximum Gasteiger partial charge on any atom is 0.285 e. The average Bonchev–Trinajstić information content (AvgIpc) is 2.90. The third kappa shape index (κ3) is 3.44. The molecule has 0 fully saturated rings. The van der Waals surface area contributed by atoms with E-state index in [0.29, 0.717) is 12.1 Å². The molecule has 0 aliphatic rings. The van der Waals surface area contributed by atoms with Gasteiger partial charge >= 0.3 is 0 Å². The van der Waals surface area contributed by atoms with Gasteiger partial charge in [-0.3, -0.25) is 14.9 Å². The van der Waals surface area contributed by atoms with Crippen LogP contribution in [0.3, 0.4) is 0 Å². The third-order valence-electron chi connectivity index (χ3n) is 3.09. The molecule has 1 atom stereocenters. The summed E-state index contributed by atoms with van der Waals surface area (Å²) in [5.74, 6) is -0.446. The number of nitro groups is 1. The summed E-state index contributed by atoms with van der Waals surface area (Å²) in [4.78, 5) is 26.7. The van der Waals surface area contributed by atoms with E-state index in [1.165, 1.54) is 6.07 Å². The average molecular weight is 288 g/mol. The number of nitro benzene ring substituents is 1. The first-order valence-corrected chi connectivity index (χ1v) is 6.49. The first kappa shape index (κ1) is 14.7. The second kappa shape index (κ2) is 6.17. The first-order valence-electron chi connectivity index (χ1n) is 6.49. The molecule has 0 spiro atoms. The Morgan fingerprint density at radius 2 is 2.29 bits per heavy atom. The lowest BCUT2D eigenvalue weighted by Crippen LogP contribution is -2.35. The van der Waals surface area contributed by atoms with Gasteiger partial charge in [0, 0.05) is 30.5 Å². The molecule has 0 aliphatic carbocycles. The molecule has 7 heteroatoms. The number of hydrogen-bond donors (Lipinski definition) is 1. The highest BCUT2D eigenvalue weighted by Crippen LogP contribution is 2.22. The Bertz CT molecular complexity index is 652. The second-order valence-electron chi connectivity index (χ2n) is 4.86. The summed E-state index contributed by atoms with van der Waals surface area (Å²) in [6.07, 6.45) is 5.09. The molecule has 1 N–H and O–H groups in total. The quantitative estimate of drug-likeness (QED) is 0.672. The van der Waals surface area contributed by atoms with Crippen LogP contribution in [0.25, 0.3) is 0 Å². The number of aryl methyl sites for hydroxylation is 1. The normalized spacial score (nSPS) is 11.9. The minimum absolute atomic E-state index is 0.0810. The minimum Gasteiger partial charge on any atom is -0.348 e. The highest BCUT2D eigenvalue weighted by molar-refractivity contribution is 5.98. The van der Waals surface area contributed by atoms with Crippen molar-refractivity contribution in [2.45, 2.75) is 26.4 Å². The van der Waals surface area contributed by atoms with E-state index in [-0.39, 0.29) is 17.3 Å². The van der Waals surface area contributed by atoms with Crippen molar-refractivity contribution in [1.29, 1.82) is 0 Å². The van der Waals surface area contributed by atoms with Crippen LogP contribution in [0.5, 0.6) is 0 Å². The van der Waals surface area contributed by atoms with Gasteiger partial charge in [0.25, 0.3) is 11.6 Å². The van der Waals surface area contributed by atoms with E-state index in [1.807, 2.05) is 11.5 Å². The van der Waals surface area contributed by atoms with Crippen LogP contribution in [0.15, 0.2) is 36.9 Å². The second-order valence-corrected chi connectivity index (χ2v) is 4.86. The molecule has 1 aromatic heterocycles. The number of nitrogens with one attached hydrogen (secondary N) is 1. The van der Waals surface area contributed by atoms with Gasteiger partial charge in [-0.1, -0.05) is 12.1 Å². The number of rotatable bonds is 5. The van der Waals surface area contributed by atoms with Crippen LogP contribution in [-0.4, -0.2) is 26.4 Å². The van der Waals surface area contributed by atoms with Crippen LogP contribution in [0.2, 0.25) is 0 Å². The maximum absolute atomic E-state index is 12.2. The topological polar surface area (TPSA) is 90.1 Å². The van der Waals surface area contributed by atoms with E-state index >= 15 is 0 Å². The zero-order valence-electron chi connectivity index (χ0n) is 11.8. The lowest BCUT2D eigenvalue weighted by atomic mass is 10.1. The van der Waals surface area contributed by atoms with E-state index in [4.69, 9.17) is 0 Å². The molecule has 1 amide bonds. The summed E-state index contributed by atoms with van der Waals surface area (Å²) >= 11 is 0. The summed E-state index contributed by atoms with van der Waals surface area (Å²) in [6, 6.07) is 4.54. The molecule has 21 heavy (non-hydrogen) atoms. The third-order valence-corrected chi connectivity index (χ3v) is 3.09. The summed E-state index contributed by atoms with van der Waals surface area (Å²) in [7, 11) is 0. The number of para-hydroxylation sites is 1. The molecule has 0 bridgehead atoms. The Morgan fingerprint density at radius 3 is 2.90 bits per heavy atom. The summed E-state index contributed by atoms with van der Waals surface area (Å²) in [5.41, 5.74) is 0.400. The lowest BCUT2D eigenvalue weighted by molar-refractivity contribution is -0.385. The molecule has 0 aliphatic heterocycles. The number of amides is 1. The Kier molecular flexibility index (Phi) is 4.32. The maximum atomic E-state index is 12.2. The van der Waals surface area contributed by atoms with E-state index in [0.717, 1.165) is 0 Å². The van der Waals surface area contributed by atoms with Gasteiger partial charge in [-0.05, 0) is 19.9 Å². The van der Waals surface area contributed by atoms with E-state index in [9.17, 15) is 14.9 Å². The number of benzene rings is 1. The van der Waals surface area contributed by atoms with Crippen LogP contribution in [0, 0.1) is 17.0 Å². The van der Waals surface area contributed by atoms with Crippen molar-refractivity contribution in [3.63, 3.8) is 0 Å². The standard InChI is InChI=1S/C14H16N4O3/c1-10-4-3-5-12(13(10)18(20)21)14(19)16-11(2)8-17-7-6-15-9-17/h3-7,9,11H,8H2,1-2H3,(H,16,19)/t11-/m1/s1. The zero-order valence-corrected chi connectivity index (χ0v) is 11.8. The Labute approximate surface area is 121 Å². The molecular formula is C14H16N4O3. The molecule has 7 nitrogen and oxygen atoms in total. The minimum atomic E-state index is -0.523. The van der Waals surface area contributed by atoms with Crippen molar-refractivity contribution in [3.05, 3.63) is 58.2 Å². The summed E-state index contributed by atoms with van der Waals surface area (Å²) in [5, 5.41) is 13.9. The molecule has 0 radical (unpaired) electrons. The van der Waals surface area contributed by atoms with Crippen LogP contribution >= 0.6 is 0 Å². The zero-order chi connectivity index (χ0) is 15.4. The number of imidazole rings is 1. The van der Waals surface area contributed by atoms with Gasteiger partial charge in [0.2, 0.25) is 0 Å². The molecule has 0 saturated carbocycles. The predicted molar refractivity (Wildman–Crippen MR) is 77.0 cm³/mol. The van der Waals surface area contributed by atoms with Crippen molar-refractivity contribution in [1.82, 2.24) is 14.9 Å². The van der Waals surface area contributed by atoms with Gasteiger partial charge in [0.15, 0.2) is 0 Å². The highest BCUT2D eigenvalue weighted by Gasteiger charge is 2.23. The van der Waals surface area contributed by atoms with Crippen LogP contribution < -0.4 is 5.32 Å². The fourth-order valence-electron chi connectivity index (χ4n) is 2.14. The van der Waals surface area contributed by atoms with Crippen molar-refractivity contribution in [2.75, 3.05) is 0 Å².